The number of H-pyrrole nitrogens is 1. The van der Waals surface area contributed by atoms with Crippen LogP contribution in [0.2, 0.25) is 5.02 Å². The largest absolute Gasteiger partial charge is 0.381 e. The maximum atomic E-state index is 12.4. The molecule has 0 bridgehead atoms. The number of aromatic amines is 1. The summed E-state index contributed by atoms with van der Waals surface area (Å²) in [6.45, 7) is 3.96. The zero-order chi connectivity index (χ0) is 15.6. The van der Waals surface area contributed by atoms with Gasteiger partial charge in [0.2, 0.25) is 0 Å². The van der Waals surface area contributed by atoms with Crippen LogP contribution >= 0.6 is 11.6 Å². The molecule has 2 heterocycles. The fourth-order valence-electron chi connectivity index (χ4n) is 2.01. The number of carbonyl (C=O) groups excluding carboxylic acids is 1. The van der Waals surface area contributed by atoms with Crippen molar-refractivity contribution in [2.45, 2.75) is 26.3 Å². The molecule has 2 rings (SSSR count). The second kappa shape index (κ2) is 6.13. The number of pyridine rings is 1. The van der Waals surface area contributed by atoms with Crippen LogP contribution in [0.15, 0.2) is 18.3 Å². The van der Waals surface area contributed by atoms with E-state index in [1.807, 2.05) is 26.0 Å². The van der Waals surface area contributed by atoms with Gasteiger partial charge >= 0.3 is 0 Å². The van der Waals surface area contributed by atoms with Crippen LogP contribution < -0.4 is 5.73 Å². The van der Waals surface area contributed by atoms with Gasteiger partial charge in [0.25, 0.3) is 5.91 Å². The molecule has 0 radical (unpaired) electrons. The molecule has 112 valence electrons. The highest BCUT2D eigenvalue weighted by Crippen LogP contribution is 2.22. The minimum Gasteiger partial charge on any atom is -0.381 e. The second-order valence-corrected chi connectivity index (χ2v) is 5.41. The monoisotopic (exact) mass is 307 g/mol. The van der Waals surface area contributed by atoms with Crippen molar-refractivity contribution in [2.75, 3.05) is 12.8 Å². The number of likely N-dealkylation sites (N-methyl/N-ethyl adjacent to an activating group) is 1. The third-order valence-electron chi connectivity index (χ3n) is 3.53. The van der Waals surface area contributed by atoms with Crippen LogP contribution in [0.3, 0.4) is 0 Å². The van der Waals surface area contributed by atoms with Gasteiger partial charge in [-0.15, -0.1) is 0 Å². The first-order valence-corrected chi connectivity index (χ1v) is 6.96. The minimum atomic E-state index is -0.245. The molecule has 0 saturated heterocycles. The van der Waals surface area contributed by atoms with Crippen molar-refractivity contribution in [1.29, 1.82) is 0 Å². The third kappa shape index (κ3) is 3.16. The van der Waals surface area contributed by atoms with E-state index in [2.05, 4.69) is 15.2 Å². The summed E-state index contributed by atoms with van der Waals surface area (Å²) in [4.78, 5) is 18.3. The summed E-state index contributed by atoms with van der Waals surface area (Å²) >= 11 is 5.96. The van der Waals surface area contributed by atoms with Crippen molar-refractivity contribution in [3.05, 3.63) is 40.3 Å². The van der Waals surface area contributed by atoms with Crippen LogP contribution in [0.1, 0.15) is 28.7 Å². The van der Waals surface area contributed by atoms with Gasteiger partial charge in [0.05, 0.1) is 0 Å². The summed E-state index contributed by atoms with van der Waals surface area (Å²) in [6.07, 6.45) is 2.42. The number of carbonyl (C=O) groups is 1. The van der Waals surface area contributed by atoms with Gasteiger partial charge < -0.3 is 10.6 Å². The summed E-state index contributed by atoms with van der Waals surface area (Å²) in [7, 11) is 1.72. The zero-order valence-electron chi connectivity index (χ0n) is 12.2. The number of amides is 1. The summed E-state index contributed by atoms with van der Waals surface area (Å²) in [6, 6.07) is 3.86. The molecule has 0 aliphatic heterocycles. The fraction of sp³-hybridized carbons (Fsp3) is 0.357. The van der Waals surface area contributed by atoms with Crippen molar-refractivity contribution < 1.29 is 4.79 Å². The average Bonchev–Trinajstić information content (AvgIpc) is 2.80. The summed E-state index contributed by atoms with van der Waals surface area (Å²) in [5.74, 6) is -0.119. The van der Waals surface area contributed by atoms with Gasteiger partial charge in [-0.3, -0.25) is 14.9 Å². The topological polar surface area (TPSA) is 87.9 Å². The number of aromatic nitrogens is 3. The van der Waals surface area contributed by atoms with E-state index in [0.29, 0.717) is 6.42 Å². The molecule has 2 aromatic heterocycles. The molecule has 0 fully saturated rings. The Morgan fingerprint density at radius 2 is 2.29 bits per heavy atom. The van der Waals surface area contributed by atoms with Gasteiger partial charge in [-0.05, 0) is 25.5 Å². The van der Waals surface area contributed by atoms with E-state index in [1.165, 1.54) is 0 Å². The van der Waals surface area contributed by atoms with Crippen LogP contribution in [0.5, 0.6) is 0 Å². The zero-order valence-corrected chi connectivity index (χ0v) is 13.0. The van der Waals surface area contributed by atoms with Gasteiger partial charge in [-0.1, -0.05) is 17.7 Å². The number of hydrogen-bond donors (Lipinski definition) is 2. The van der Waals surface area contributed by atoms with Crippen molar-refractivity contribution >= 4 is 23.3 Å². The lowest BCUT2D eigenvalue weighted by Crippen LogP contribution is -2.37. The summed E-state index contributed by atoms with van der Waals surface area (Å²) in [5.41, 5.74) is 7.83. The molecule has 1 amide bonds. The molecule has 0 aliphatic carbocycles. The molecule has 3 N–H and O–H groups in total. The standard InChI is InChI=1S/C14H18ClN5O/c1-8-5-4-6-17-10(8)7-9(2)20(3)14(21)12-11(15)13(16)19-18-12/h4-6,9H,7H2,1-3H3,(H3,16,18,19)/t9-/m1/s1. The molecule has 21 heavy (non-hydrogen) atoms. The Labute approximate surface area is 128 Å². The van der Waals surface area contributed by atoms with Gasteiger partial charge in [0.15, 0.2) is 5.82 Å². The number of nitrogens with zero attached hydrogens (tertiary/aromatic N) is 3. The van der Waals surface area contributed by atoms with Gasteiger partial charge in [0.1, 0.15) is 10.7 Å². The molecular weight excluding hydrogens is 290 g/mol. The highest BCUT2D eigenvalue weighted by atomic mass is 35.5. The summed E-state index contributed by atoms with van der Waals surface area (Å²) in [5, 5.41) is 6.47. The Morgan fingerprint density at radius 3 is 2.86 bits per heavy atom. The lowest BCUT2D eigenvalue weighted by Gasteiger charge is -2.24. The quantitative estimate of drug-likeness (QED) is 0.905. The van der Waals surface area contributed by atoms with Gasteiger partial charge in [-0.25, -0.2) is 0 Å². The molecule has 7 heteroatoms. The number of aryl methyl sites for hydroxylation is 1. The fourth-order valence-corrected chi connectivity index (χ4v) is 2.17. The first-order chi connectivity index (χ1) is 9.91. The van der Waals surface area contributed by atoms with E-state index in [9.17, 15) is 4.79 Å². The van der Waals surface area contributed by atoms with Crippen molar-refractivity contribution in [1.82, 2.24) is 20.1 Å². The van der Waals surface area contributed by atoms with Crippen LogP contribution in [0.4, 0.5) is 5.82 Å². The van der Waals surface area contributed by atoms with E-state index < -0.39 is 0 Å². The Bertz CT molecular complexity index is 655. The van der Waals surface area contributed by atoms with Crippen molar-refractivity contribution in [3.8, 4) is 0 Å². The lowest BCUT2D eigenvalue weighted by molar-refractivity contribution is 0.0737. The third-order valence-corrected chi connectivity index (χ3v) is 3.92. The number of rotatable bonds is 4. The number of nitrogens with one attached hydrogen (secondary N) is 1. The van der Waals surface area contributed by atoms with Crippen LogP contribution in [-0.2, 0) is 6.42 Å². The van der Waals surface area contributed by atoms with Gasteiger partial charge in [-0.2, -0.15) is 5.10 Å². The molecule has 0 unspecified atom stereocenters. The average molecular weight is 308 g/mol. The predicted molar refractivity (Wildman–Crippen MR) is 82.2 cm³/mol. The molecule has 6 nitrogen and oxygen atoms in total. The number of nitrogens with two attached hydrogens (primary N) is 1. The SMILES string of the molecule is Cc1cccnc1C[C@@H](C)N(C)C(=O)c1[nH]nc(N)c1Cl. The van der Waals surface area contributed by atoms with Crippen LogP contribution in [0, 0.1) is 6.92 Å². The predicted octanol–water partition coefficient (Wildman–Crippen LogP) is 2.05. The maximum absolute atomic E-state index is 12.4. The van der Waals surface area contributed by atoms with Crippen LogP contribution in [-0.4, -0.2) is 39.1 Å². The number of anilines is 1. The first-order valence-electron chi connectivity index (χ1n) is 6.58. The van der Waals surface area contributed by atoms with E-state index >= 15 is 0 Å². The molecule has 0 spiro atoms. The van der Waals surface area contributed by atoms with E-state index in [0.717, 1.165) is 11.3 Å². The molecule has 2 aromatic rings. The number of hydrogen-bond acceptors (Lipinski definition) is 4. The van der Waals surface area contributed by atoms with Gasteiger partial charge in [0, 0.05) is 31.4 Å². The smallest absolute Gasteiger partial charge is 0.273 e. The van der Waals surface area contributed by atoms with Crippen LogP contribution in [0.25, 0.3) is 0 Å². The lowest BCUT2D eigenvalue weighted by atomic mass is 10.1. The molecule has 1 atom stereocenters. The molecule has 0 aromatic carbocycles. The second-order valence-electron chi connectivity index (χ2n) is 5.03. The first kappa shape index (κ1) is 15.3. The molecule has 0 aliphatic rings. The number of nitrogen functional groups attached to an aromatic ring is 1. The highest BCUT2D eigenvalue weighted by Gasteiger charge is 2.23. The molecule has 0 saturated carbocycles. The molecular formula is C14H18ClN5O. The Balaban J connectivity index is 2.12. The maximum Gasteiger partial charge on any atom is 0.273 e. The van der Waals surface area contributed by atoms with E-state index in [-0.39, 0.29) is 28.5 Å². The van der Waals surface area contributed by atoms with E-state index in [1.54, 1.807) is 18.1 Å². The number of halogens is 1. The Hall–Kier alpha value is -2.08. The normalized spacial score (nSPS) is 12.2. The minimum absolute atomic E-state index is 0.0355. The summed E-state index contributed by atoms with van der Waals surface area (Å²) < 4.78 is 0. The van der Waals surface area contributed by atoms with Crippen molar-refractivity contribution in [2.24, 2.45) is 0 Å². The Kier molecular flexibility index (Phi) is 4.47. The highest BCUT2D eigenvalue weighted by molar-refractivity contribution is 6.35. The van der Waals surface area contributed by atoms with E-state index in [4.69, 9.17) is 17.3 Å². The van der Waals surface area contributed by atoms with Crippen molar-refractivity contribution in [3.63, 3.8) is 0 Å². The Morgan fingerprint density at radius 1 is 1.57 bits per heavy atom.